The number of benzene rings is 2. The SMILES string of the molecule is CC[C@H](C)N(Cc1ccc(OS(=O)(=O)c2c(C)cccc2Cl)cc1)C(=O)NC(C)C. The van der Waals surface area contributed by atoms with Gasteiger partial charge in [0.1, 0.15) is 10.6 Å². The predicted octanol–water partition coefficient (Wildman–Crippen LogP) is 5.13. The van der Waals surface area contributed by atoms with E-state index in [-0.39, 0.29) is 33.8 Å². The number of amides is 2. The number of hydrogen-bond donors (Lipinski definition) is 1. The number of aryl methyl sites for hydroxylation is 1. The first-order chi connectivity index (χ1) is 14.0. The van der Waals surface area contributed by atoms with Gasteiger partial charge in [0.2, 0.25) is 0 Å². The molecule has 0 aromatic heterocycles. The molecule has 0 spiro atoms. The Hall–Kier alpha value is -2.25. The zero-order valence-electron chi connectivity index (χ0n) is 18.0. The minimum absolute atomic E-state index is 0.0379. The van der Waals surface area contributed by atoms with Gasteiger partial charge in [-0.2, -0.15) is 8.42 Å². The van der Waals surface area contributed by atoms with E-state index in [0.717, 1.165) is 12.0 Å². The second kappa shape index (κ2) is 10.2. The van der Waals surface area contributed by atoms with Crippen molar-refractivity contribution in [2.45, 2.75) is 64.6 Å². The summed E-state index contributed by atoms with van der Waals surface area (Å²) in [6, 6.07) is 11.5. The normalized spacial score (nSPS) is 12.5. The van der Waals surface area contributed by atoms with Crippen LogP contribution >= 0.6 is 11.6 Å². The molecule has 2 aromatic rings. The van der Waals surface area contributed by atoms with E-state index in [1.165, 1.54) is 6.07 Å². The summed E-state index contributed by atoms with van der Waals surface area (Å²) in [6.07, 6.45) is 0.822. The molecule has 0 unspecified atom stereocenters. The molecular weight excluding hydrogens is 424 g/mol. The molecule has 1 atom stereocenters. The summed E-state index contributed by atoms with van der Waals surface area (Å²) in [5.74, 6) is 0.180. The molecule has 6 nitrogen and oxygen atoms in total. The lowest BCUT2D eigenvalue weighted by atomic mass is 10.1. The van der Waals surface area contributed by atoms with Crippen LogP contribution in [0.1, 0.15) is 45.2 Å². The third kappa shape index (κ3) is 6.12. The fraction of sp³-hybridized carbons (Fsp3) is 0.409. The lowest BCUT2D eigenvalue weighted by molar-refractivity contribution is 0.171. The Morgan fingerprint density at radius 3 is 2.30 bits per heavy atom. The van der Waals surface area contributed by atoms with Crippen LogP contribution in [0.15, 0.2) is 47.4 Å². The maximum atomic E-state index is 12.7. The number of halogens is 1. The largest absolute Gasteiger partial charge is 0.379 e. The number of nitrogens with zero attached hydrogens (tertiary/aromatic N) is 1. The Kier molecular flexibility index (Phi) is 8.15. The quantitative estimate of drug-likeness (QED) is 0.563. The molecule has 8 heteroatoms. The van der Waals surface area contributed by atoms with Crippen LogP contribution in [0.4, 0.5) is 4.79 Å². The van der Waals surface area contributed by atoms with Gasteiger partial charge in [-0.05, 0) is 63.4 Å². The smallest absolute Gasteiger partial charge is 0.340 e. The van der Waals surface area contributed by atoms with Crippen LogP contribution < -0.4 is 9.50 Å². The minimum Gasteiger partial charge on any atom is -0.379 e. The van der Waals surface area contributed by atoms with Crippen molar-refractivity contribution in [1.82, 2.24) is 10.2 Å². The van der Waals surface area contributed by atoms with E-state index in [2.05, 4.69) is 5.32 Å². The van der Waals surface area contributed by atoms with E-state index < -0.39 is 10.1 Å². The standard InChI is InChI=1S/C22H29ClN2O4S/c1-6-17(5)25(22(26)24-15(2)3)14-18-10-12-19(13-11-18)29-30(27,28)21-16(4)8-7-9-20(21)23/h7-13,15,17H,6,14H2,1-5H3,(H,24,26)/t17-/m0/s1. The van der Waals surface area contributed by atoms with Gasteiger partial charge in [-0.25, -0.2) is 4.79 Å². The molecule has 0 saturated heterocycles. The molecule has 30 heavy (non-hydrogen) atoms. The molecule has 1 N–H and O–H groups in total. The number of carbonyl (C=O) groups excluding carboxylic acids is 1. The molecule has 2 amide bonds. The fourth-order valence-electron chi connectivity index (χ4n) is 2.93. The lowest BCUT2D eigenvalue weighted by Crippen LogP contribution is -2.46. The predicted molar refractivity (Wildman–Crippen MR) is 119 cm³/mol. The van der Waals surface area contributed by atoms with Gasteiger partial charge in [-0.15, -0.1) is 0 Å². The van der Waals surface area contributed by atoms with E-state index in [9.17, 15) is 13.2 Å². The first-order valence-corrected chi connectivity index (χ1v) is 11.7. The van der Waals surface area contributed by atoms with E-state index in [1.807, 2.05) is 27.7 Å². The second-order valence-electron chi connectivity index (χ2n) is 7.56. The highest BCUT2D eigenvalue weighted by atomic mass is 35.5. The molecule has 2 aromatic carbocycles. The van der Waals surface area contributed by atoms with Crippen molar-refractivity contribution in [2.24, 2.45) is 0 Å². The number of urea groups is 1. The maximum absolute atomic E-state index is 12.7. The molecule has 0 radical (unpaired) electrons. The van der Waals surface area contributed by atoms with Crippen LogP contribution in [0, 0.1) is 6.92 Å². The van der Waals surface area contributed by atoms with Gasteiger partial charge < -0.3 is 14.4 Å². The Bertz CT molecular complexity index is 955. The third-order valence-electron chi connectivity index (χ3n) is 4.69. The van der Waals surface area contributed by atoms with Crippen LogP contribution in [0.2, 0.25) is 5.02 Å². The summed E-state index contributed by atoms with van der Waals surface area (Å²) in [5, 5.41) is 3.04. The van der Waals surface area contributed by atoms with E-state index in [1.54, 1.807) is 48.2 Å². The summed E-state index contributed by atoms with van der Waals surface area (Å²) in [5.41, 5.74) is 1.38. The monoisotopic (exact) mass is 452 g/mol. The number of nitrogens with one attached hydrogen (secondary N) is 1. The molecule has 0 aliphatic carbocycles. The molecule has 0 bridgehead atoms. The van der Waals surface area contributed by atoms with Crippen molar-refractivity contribution in [3.8, 4) is 5.75 Å². The van der Waals surface area contributed by atoms with Gasteiger partial charge >= 0.3 is 16.1 Å². The lowest BCUT2D eigenvalue weighted by Gasteiger charge is -2.29. The van der Waals surface area contributed by atoms with Crippen LogP contribution in [0.25, 0.3) is 0 Å². The Morgan fingerprint density at radius 1 is 1.13 bits per heavy atom. The highest BCUT2D eigenvalue weighted by Gasteiger charge is 2.23. The number of hydrogen-bond acceptors (Lipinski definition) is 4. The van der Waals surface area contributed by atoms with Gasteiger partial charge in [-0.3, -0.25) is 0 Å². The van der Waals surface area contributed by atoms with Gasteiger partial charge in [0.25, 0.3) is 0 Å². The second-order valence-corrected chi connectivity index (χ2v) is 9.45. The fourth-order valence-corrected chi connectivity index (χ4v) is 4.65. The summed E-state index contributed by atoms with van der Waals surface area (Å²) < 4.78 is 30.6. The Labute approximate surface area is 184 Å². The third-order valence-corrected chi connectivity index (χ3v) is 6.57. The van der Waals surface area contributed by atoms with Gasteiger partial charge in [0, 0.05) is 18.6 Å². The average molecular weight is 453 g/mol. The summed E-state index contributed by atoms with van der Waals surface area (Å²) in [6.45, 7) is 9.93. The van der Waals surface area contributed by atoms with E-state index in [0.29, 0.717) is 12.1 Å². The zero-order valence-corrected chi connectivity index (χ0v) is 19.5. The first kappa shape index (κ1) is 24.0. The van der Waals surface area contributed by atoms with Crippen LogP contribution in [0.3, 0.4) is 0 Å². The van der Waals surface area contributed by atoms with Crippen LogP contribution in [-0.4, -0.2) is 31.4 Å². The molecule has 0 saturated carbocycles. The highest BCUT2D eigenvalue weighted by molar-refractivity contribution is 7.87. The average Bonchev–Trinajstić information content (AvgIpc) is 2.65. The minimum atomic E-state index is -4.06. The Morgan fingerprint density at radius 2 is 1.77 bits per heavy atom. The van der Waals surface area contributed by atoms with Crippen molar-refractivity contribution in [3.05, 3.63) is 58.6 Å². The molecule has 0 fully saturated rings. The first-order valence-electron chi connectivity index (χ1n) is 9.90. The highest BCUT2D eigenvalue weighted by Crippen LogP contribution is 2.28. The van der Waals surface area contributed by atoms with Crippen LogP contribution in [-0.2, 0) is 16.7 Å². The van der Waals surface area contributed by atoms with Crippen molar-refractivity contribution >= 4 is 27.8 Å². The molecule has 0 heterocycles. The van der Waals surface area contributed by atoms with Crippen molar-refractivity contribution in [3.63, 3.8) is 0 Å². The van der Waals surface area contributed by atoms with Crippen molar-refractivity contribution in [1.29, 1.82) is 0 Å². The Balaban J connectivity index is 2.18. The molecule has 2 rings (SSSR count). The van der Waals surface area contributed by atoms with E-state index in [4.69, 9.17) is 15.8 Å². The molecule has 0 aliphatic rings. The van der Waals surface area contributed by atoms with Crippen molar-refractivity contribution < 1.29 is 17.4 Å². The molecule has 164 valence electrons. The summed E-state index contributed by atoms with van der Waals surface area (Å²) in [7, 11) is -4.06. The molecule has 0 aliphatic heterocycles. The van der Waals surface area contributed by atoms with Gasteiger partial charge in [-0.1, -0.05) is 42.8 Å². The van der Waals surface area contributed by atoms with Gasteiger partial charge in [0.05, 0.1) is 5.02 Å². The molecular formula is C22H29ClN2O4S. The summed E-state index contributed by atoms with van der Waals surface area (Å²) in [4.78, 5) is 14.3. The topological polar surface area (TPSA) is 75.7 Å². The zero-order chi connectivity index (χ0) is 22.5. The maximum Gasteiger partial charge on any atom is 0.340 e. The van der Waals surface area contributed by atoms with Crippen molar-refractivity contribution in [2.75, 3.05) is 0 Å². The van der Waals surface area contributed by atoms with Crippen LogP contribution in [0.5, 0.6) is 5.75 Å². The van der Waals surface area contributed by atoms with E-state index >= 15 is 0 Å². The van der Waals surface area contributed by atoms with Gasteiger partial charge in [0.15, 0.2) is 0 Å². The number of carbonyl (C=O) groups is 1. The summed E-state index contributed by atoms with van der Waals surface area (Å²) >= 11 is 6.07. The number of rotatable bonds is 8.